The fourth-order valence-electron chi connectivity index (χ4n) is 0.274. The van der Waals surface area contributed by atoms with Crippen molar-refractivity contribution in [2.45, 2.75) is 0 Å². The van der Waals surface area contributed by atoms with Gasteiger partial charge in [0.1, 0.15) is 0 Å². The maximum Gasteiger partial charge on any atom is 0.0835 e. The molecule has 0 aromatic heterocycles. The van der Waals surface area contributed by atoms with Crippen molar-refractivity contribution >= 4 is 0 Å². The summed E-state index contributed by atoms with van der Waals surface area (Å²) in [6.07, 6.45) is 0. The fourth-order valence-corrected chi connectivity index (χ4v) is 0.274. The zero-order chi connectivity index (χ0) is 3.70. The van der Waals surface area contributed by atoms with E-state index in [-0.39, 0.29) is 0 Å². The third kappa shape index (κ3) is 0.412. The van der Waals surface area contributed by atoms with Crippen LogP contribution in [-0.4, -0.2) is 25.3 Å². The normalized spacial score (nSPS) is 25.8. The summed E-state index contributed by atoms with van der Waals surface area (Å²) < 4.78 is 0. The van der Waals surface area contributed by atoms with E-state index in [1.54, 1.807) is 5.06 Å². The van der Waals surface area contributed by atoms with E-state index in [2.05, 4.69) is 0 Å². The molecule has 1 fully saturated rings. The number of nitrogens with zero attached hydrogens (tertiary/aromatic N) is 1. The van der Waals surface area contributed by atoms with E-state index in [0.717, 1.165) is 13.2 Å². The molecule has 0 atom stereocenters. The van der Waals surface area contributed by atoms with Crippen molar-refractivity contribution in [3.63, 3.8) is 0 Å². The molecule has 1 heterocycles. The van der Waals surface area contributed by atoms with Crippen LogP contribution in [0.5, 0.6) is 0 Å². The van der Waals surface area contributed by atoms with Gasteiger partial charge < -0.3 is 0 Å². The monoisotopic (exact) mass is 73.1 g/mol. The van der Waals surface area contributed by atoms with Gasteiger partial charge in [-0.1, -0.05) is 0 Å². The minimum absolute atomic E-state index is 0.913. The summed E-state index contributed by atoms with van der Waals surface area (Å²) in [7, 11) is 1.92. The van der Waals surface area contributed by atoms with Crippen molar-refractivity contribution in [3.05, 3.63) is 0 Å². The summed E-state index contributed by atoms with van der Waals surface area (Å²) in [4.78, 5) is 4.76. The first-order valence-electron chi connectivity index (χ1n) is 1.73. The number of likely N-dealkylation sites (N-methyl/N-ethyl adjacent to an activating group) is 1. The predicted octanol–water partition coefficient (Wildman–Crippen LogP) is -0.137. The van der Waals surface area contributed by atoms with Crippen LogP contribution in [0.15, 0.2) is 0 Å². The maximum atomic E-state index is 4.76. The minimum Gasteiger partial charge on any atom is -0.298 e. The predicted molar refractivity (Wildman–Crippen MR) is 18.6 cm³/mol. The molecule has 0 spiro atoms. The molecule has 1 aliphatic heterocycles. The van der Waals surface area contributed by atoms with E-state index in [0.29, 0.717) is 0 Å². The van der Waals surface area contributed by atoms with Gasteiger partial charge in [-0.25, -0.2) is 0 Å². The third-order valence-corrected chi connectivity index (χ3v) is 0.718. The fraction of sp³-hybridized carbons (Fsp3) is 1.00. The standard InChI is InChI=1S/C3H7NO/c1-4-2-3-5-4/h2-3H2,1H3. The van der Waals surface area contributed by atoms with Gasteiger partial charge >= 0.3 is 0 Å². The molecule has 0 N–H and O–H groups in total. The molecule has 1 rings (SSSR count). The van der Waals surface area contributed by atoms with Gasteiger partial charge in [0.25, 0.3) is 0 Å². The molecule has 1 saturated heterocycles. The second-order valence-electron chi connectivity index (χ2n) is 1.18. The first kappa shape index (κ1) is 3.12. The summed E-state index contributed by atoms with van der Waals surface area (Å²) in [6, 6.07) is 0. The molecule has 0 radical (unpaired) electrons. The van der Waals surface area contributed by atoms with Crippen molar-refractivity contribution < 1.29 is 4.84 Å². The molecular weight excluding hydrogens is 66.0 g/mol. The van der Waals surface area contributed by atoms with Gasteiger partial charge in [-0.2, -0.15) is 5.06 Å². The molecule has 0 aliphatic carbocycles. The molecule has 0 bridgehead atoms. The van der Waals surface area contributed by atoms with Crippen LogP contribution < -0.4 is 0 Å². The number of hydroxylamine groups is 2. The van der Waals surface area contributed by atoms with Crippen LogP contribution in [0, 0.1) is 0 Å². The highest BCUT2D eigenvalue weighted by Crippen LogP contribution is 1.93. The molecule has 0 amide bonds. The molecule has 0 saturated carbocycles. The number of hydrogen-bond donors (Lipinski definition) is 0. The maximum absolute atomic E-state index is 4.76. The van der Waals surface area contributed by atoms with Gasteiger partial charge in [0, 0.05) is 13.6 Å². The zero-order valence-electron chi connectivity index (χ0n) is 3.27. The van der Waals surface area contributed by atoms with Gasteiger partial charge in [0.15, 0.2) is 0 Å². The molecule has 0 unspecified atom stereocenters. The largest absolute Gasteiger partial charge is 0.298 e. The first-order chi connectivity index (χ1) is 2.39. The quantitative estimate of drug-likeness (QED) is 0.396. The Morgan fingerprint density at radius 3 is 2.20 bits per heavy atom. The second kappa shape index (κ2) is 0.954. The van der Waals surface area contributed by atoms with E-state index in [4.69, 9.17) is 4.84 Å². The Hall–Kier alpha value is -0.0800. The Bertz CT molecular complexity index is 33.9. The van der Waals surface area contributed by atoms with Crippen LogP contribution in [0.1, 0.15) is 0 Å². The van der Waals surface area contributed by atoms with E-state index >= 15 is 0 Å². The molecule has 0 aromatic carbocycles. The smallest absolute Gasteiger partial charge is 0.0835 e. The van der Waals surface area contributed by atoms with Crippen LogP contribution in [-0.2, 0) is 4.84 Å². The van der Waals surface area contributed by atoms with Crippen LogP contribution in [0.3, 0.4) is 0 Å². The molecule has 5 heavy (non-hydrogen) atoms. The Balaban J connectivity index is 2.08. The zero-order valence-corrected chi connectivity index (χ0v) is 3.27. The Morgan fingerprint density at radius 1 is 1.80 bits per heavy atom. The van der Waals surface area contributed by atoms with Crippen molar-refractivity contribution in [2.75, 3.05) is 20.2 Å². The lowest BCUT2D eigenvalue weighted by molar-refractivity contribution is -0.228. The Morgan fingerprint density at radius 2 is 2.20 bits per heavy atom. The lowest BCUT2D eigenvalue weighted by Gasteiger charge is -2.24. The average molecular weight is 73.1 g/mol. The minimum atomic E-state index is 0.913. The van der Waals surface area contributed by atoms with Crippen molar-refractivity contribution in [1.82, 2.24) is 5.06 Å². The van der Waals surface area contributed by atoms with Crippen LogP contribution in [0.25, 0.3) is 0 Å². The summed E-state index contributed by atoms with van der Waals surface area (Å²) >= 11 is 0. The third-order valence-electron chi connectivity index (χ3n) is 0.718. The van der Waals surface area contributed by atoms with Gasteiger partial charge in [-0.15, -0.1) is 0 Å². The highest BCUT2D eigenvalue weighted by atomic mass is 16.7. The Kier molecular flexibility index (Phi) is 0.596. The van der Waals surface area contributed by atoms with Crippen LogP contribution in [0.4, 0.5) is 0 Å². The Labute approximate surface area is 31.3 Å². The lowest BCUT2D eigenvalue weighted by atomic mass is 10.6. The first-order valence-corrected chi connectivity index (χ1v) is 1.73. The summed E-state index contributed by atoms with van der Waals surface area (Å²) in [6.45, 7) is 2.01. The topological polar surface area (TPSA) is 12.5 Å². The van der Waals surface area contributed by atoms with E-state index < -0.39 is 0 Å². The van der Waals surface area contributed by atoms with Crippen LogP contribution >= 0.6 is 0 Å². The van der Waals surface area contributed by atoms with E-state index in [1.807, 2.05) is 7.05 Å². The van der Waals surface area contributed by atoms with E-state index in [1.165, 1.54) is 0 Å². The highest BCUT2D eigenvalue weighted by Gasteiger charge is 2.05. The van der Waals surface area contributed by atoms with Gasteiger partial charge in [-0.3, -0.25) is 4.84 Å². The summed E-state index contributed by atoms with van der Waals surface area (Å²) in [5.41, 5.74) is 0. The van der Waals surface area contributed by atoms with Gasteiger partial charge in [0.2, 0.25) is 0 Å². The van der Waals surface area contributed by atoms with Crippen molar-refractivity contribution in [2.24, 2.45) is 0 Å². The SMILES string of the molecule is CN1CCO1. The van der Waals surface area contributed by atoms with E-state index in [9.17, 15) is 0 Å². The molecule has 0 aromatic rings. The lowest BCUT2D eigenvalue weighted by Crippen LogP contribution is -2.35. The summed E-state index contributed by atoms with van der Waals surface area (Å²) in [5, 5.41) is 1.81. The second-order valence-corrected chi connectivity index (χ2v) is 1.18. The number of hydrogen-bond acceptors (Lipinski definition) is 2. The molecular formula is C3H7NO. The number of rotatable bonds is 0. The molecule has 1 aliphatic rings. The van der Waals surface area contributed by atoms with Crippen LogP contribution in [0.2, 0.25) is 0 Å². The molecule has 2 nitrogen and oxygen atoms in total. The van der Waals surface area contributed by atoms with Crippen molar-refractivity contribution in [3.8, 4) is 0 Å². The van der Waals surface area contributed by atoms with Gasteiger partial charge in [0.05, 0.1) is 6.61 Å². The molecule has 30 valence electrons. The van der Waals surface area contributed by atoms with Gasteiger partial charge in [-0.05, 0) is 0 Å². The molecule has 2 heteroatoms. The van der Waals surface area contributed by atoms with Crippen molar-refractivity contribution in [1.29, 1.82) is 0 Å². The highest BCUT2D eigenvalue weighted by molar-refractivity contribution is 4.42. The summed E-state index contributed by atoms with van der Waals surface area (Å²) in [5.74, 6) is 0. The average Bonchev–Trinajstić information content (AvgIpc) is 1.30.